The maximum atomic E-state index is 5.67. The van der Waals surface area contributed by atoms with Crippen LogP contribution in [0.25, 0.3) is 0 Å². The molecular formula is C9H15ClIN3O2. The van der Waals surface area contributed by atoms with E-state index in [0.717, 1.165) is 3.58 Å². The third-order valence-corrected chi connectivity index (χ3v) is 2.34. The number of nitrogens with zero attached hydrogens (tertiary/aromatic N) is 2. The van der Waals surface area contributed by atoms with Crippen molar-refractivity contribution in [1.82, 2.24) is 5.32 Å². The Morgan fingerprint density at radius 3 is 2.44 bits per heavy atom. The lowest BCUT2D eigenvalue weighted by molar-refractivity contribution is -0.0976. The molecule has 5 nitrogen and oxygen atoms in total. The molecule has 0 saturated heterocycles. The van der Waals surface area contributed by atoms with Crippen LogP contribution in [-0.4, -0.2) is 39.1 Å². The molecule has 0 aliphatic carbocycles. The summed E-state index contributed by atoms with van der Waals surface area (Å²) in [5.74, 6) is 0.622. The third kappa shape index (κ3) is 6.41. The van der Waals surface area contributed by atoms with Gasteiger partial charge in [-0.3, -0.25) is 0 Å². The average molecular weight is 360 g/mol. The standard InChI is InChI=1S/C9H15ClIN3O2/c1-6(11)8(14-9(10)12-2)13-5-7(15-3)16-4/h7,13H,2,5H2,1,3-4H3/b8-6+,14-9-. The molecule has 0 aromatic rings. The Morgan fingerprint density at radius 1 is 1.50 bits per heavy atom. The van der Waals surface area contributed by atoms with Gasteiger partial charge in [0.05, 0.1) is 6.54 Å². The number of aliphatic imine (C=N–C) groups is 2. The van der Waals surface area contributed by atoms with Crippen molar-refractivity contribution in [3.05, 3.63) is 9.40 Å². The Hall–Kier alpha value is -0.180. The summed E-state index contributed by atoms with van der Waals surface area (Å²) in [6, 6.07) is 0. The average Bonchev–Trinajstić information content (AvgIpc) is 2.28. The van der Waals surface area contributed by atoms with E-state index >= 15 is 0 Å². The lowest BCUT2D eigenvalue weighted by Crippen LogP contribution is -2.29. The van der Waals surface area contributed by atoms with Gasteiger partial charge in [-0.25, -0.2) is 9.98 Å². The molecule has 0 heterocycles. The first-order chi connectivity index (χ1) is 7.54. The Morgan fingerprint density at radius 2 is 2.06 bits per heavy atom. The quantitative estimate of drug-likeness (QED) is 0.260. The van der Waals surface area contributed by atoms with Crippen molar-refractivity contribution in [2.75, 3.05) is 20.8 Å². The molecule has 92 valence electrons. The molecule has 0 aliphatic rings. The van der Waals surface area contributed by atoms with Crippen molar-refractivity contribution in [3.63, 3.8) is 0 Å². The van der Waals surface area contributed by atoms with Crippen LogP contribution < -0.4 is 5.32 Å². The second-order valence-corrected chi connectivity index (χ2v) is 4.66. The van der Waals surface area contributed by atoms with E-state index in [-0.39, 0.29) is 11.6 Å². The van der Waals surface area contributed by atoms with Crippen molar-refractivity contribution in [2.24, 2.45) is 9.98 Å². The first-order valence-corrected chi connectivity index (χ1v) is 5.87. The largest absolute Gasteiger partial charge is 0.364 e. The van der Waals surface area contributed by atoms with E-state index < -0.39 is 0 Å². The molecule has 0 aromatic carbocycles. The summed E-state index contributed by atoms with van der Waals surface area (Å²) < 4.78 is 11.0. The minimum Gasteiger partial charge on any atom is -0.364 e. The van der Waals surface area contributed by atoms with E-state index in [1.54, 1.807) is 14.2 Å². The molecule has 0 radical (unpaired) electrons. The van der Waals surface area contributed by atoms with Crippen molar-refractivity contribution >= 4 is 46.2 Å². The van der Waals surface area contributed by atoms with Gasteiger partial charge in [0.1, 0.15) is 5.82 Å². The summed E-state index contributed by atoms with van der Waals surface area (Å²) in [7, 11) is 3.13. The van der Waals surface area contributed by atoms with Gasteiger partial charge >= 0.3 is 0 Å². The number of methoxy groups -OCH3 is 2. The van der Waals surface area contributed by atoms with E-state index in [1.807, 2.05) is 6.92 Å². The minimum absolute atomic E-state index is 0.0879. The number of halogens is 2. The number of hydrogen-bond acceptors (Lipinski definition) is 4. The maximum Gasteiger partial charge on any atom is 0.223 e. The van der Waals surface area contributed by atoms with Crippen LogP contribution in [0, 0.1) is 0 Å². The number of ether oxygens (including phenoxy) is 2. The van der Waals surface area contributed by atoms with Gasteiger partial charge in [0, 0.05) is 17.8 Å². The molecule has 1 N–H and O–H groups in total. The third-order valence-electron chi connectivity index (χ3n) is 1.62. The summed E-state index contributed by atoms with van der Waals surface area (Å²) in [5.41, 5.74) is 0. The van der Waals surface area contributed by atoms with Crippen molar-refractivity contribution in [3.8, 4) is 0 Å². The van der Waals surface area contributed by atoms with Gasteiger partial charge in [-0.1, -0.05) is 0 Å². The predicted molar refractivity (Wildman–Crippen MR) is 75.4 cm³/mol. The molecule has 0 amide bonds. The Bertz CT molecular complexity index is 286. The molecule has 0 spiro atoms. The molecule has 0 unspecified atom stereocenters. The van der Waals surface area contributed by atoms with Crippen molar-refractivity contribution in [2.45, 2.75) is 13.2 Å². The molecule has 0 rings (SSSR count). The van der Waals surface area contributed by atoms with E-state index in [9.17, 15) is 0 Å². The van der Waals surface area contributed by atoms with Gasteiger partial charge in [0.2, 0.25) is 5.29 Å². The molecule has 0 saturated carbocycles. The van der Waals surface area contributed by atoms with Crippen molar-refractivity contribution in [1.29, 1.82) is 0 Å². The lowest BCUT2D eigenvalue weighted by atomic mass is 10.5. The van der Waals surface area contributed by atoms with Gasteiger partial charge < -0.3 is 14.8 Å². The zero-order valence-corrected chi connectivity index (χ0v) is 12.4. The normalized spacial score (nSPS) is 13.8. The first-order valence-electron chi connectivity index (χ1n) is 4.41. The summed E-state index contributed by atoms with van der Waals surface area (Å²) in [6.45, 7) is 5.65. The Balaban J connectivity index is 4.50. The first kappa shape index (κ1) is 15.8. The second-order valence-electron chi connectivity index (χ2n) is 2.70. The lowest BCUT2D eigenvalue weighted by Gasteiger charge is -2.15. The van der Waals surface area contributed by atoms with Crippen LogP contribution in [0.1, 0.15) is 6.92 Å². The fourth-order valence-corrected chi connectivity index (χ4v) is 1.20. The summed E-state index contributed by atoms with van der Waals surface area (Å²) in [5, 5.41) is 3.14. The van der Waals surface area contributed by atoms with Crippen LogP contribution in [0.3, 0.4) is 0 Å². The number of hydrogen-bond donors (Lipinski definition) is 1. The van der Waals surface area contributed by atoms with Crippen LogP contribution in [0.4, 0.5) is 0 Å². The van der Waals surface area contributed by atoms with E-state index in [1.165, 1.54) is 0 Å². The van der Waals surface area contributed by atoms with Gasteiger partial charge in [0.25, 0.3) is 0 Å². The van der Waals surface area contributed by atoms with Gasteiger partial charge in [0.15, 0.2) is 6.29 Å². The Kier molecular flexibility index (Phi) is 8.81. The highest BCUT2D eigenvalue weighted by molar-refractivity contribution is 14.1. The second kappa shape index (κ2) is 8.91. The number of rotatable bonds is 6. The summed E-state index contributed by atoms with van der Waals surface area (Å²) in [6.07, 6.45) is -0.337. The maximum absolute atomic E-state index is 5.67. The predicted octanol–water partition coefficient (Wildman–Crippen LogP) is 2.11. The molecule has 0 aromatic heterocycles. The van der Waals surface area contributed by atoms with E-state index in [4.69, 9.17) is 21.1 Å². The Labute approximate surface area is 114 Å². The van der Waals surface area contributed by atoms with Gasteiger partial charge in [-0.05, 0) is 47.8 Å². The highest BCUT2D eigenvalue weighted by Crippen LogP contribution is 2.11. The minimum atomic E-state index is -0.337. The zero-order valence-electron chi connectivity index (χ0n) is 9.46. The smallest absolute Gasteiger partial charge is 0.223 e. The monoisotopic (exact) mass is 359 g/mol. The number of allylic oxidation sites excluding steroid dienone is 1. The number of nitrogens with one attached hydrogen (secondary N) is 1. The molecule has 0 fully saturated rings. The highest BCUT2D eigenvalue weighted by atomic mass is 127. The fraction of sp³-hybridized carbons (Fsp3) is 0.556. The molecule has 7 heteroatoms. The van der Waals surface area contributed by atoms with Crippen LogP contribution in [0.5, 0.6) is 0 Å². The van der Waals surface area contributed by atoms with E-state index in [2.05, 4.69) is 44.6 Å². The van der Waals surface area contributed by atoms with Gasteiger partial charge in [-0.2, -0.15) is 0 Å². The molecule has 0 atom stereocenters. The highest BCUT2D eigenvalue weighted by Gasteiger charge is 2.07. The zero-order chi connectivity index (χ0) is 12.6. The van der Waals surface area contributed by atoms with Crippen LogP contribution in [-0.2, 0) is 9.47 Å². The van der Waals surface area contributed by atoms with E-state index in [0.29, 0.717) is 12.4 Å². The van der Waals surface area contributed by atoms with Gasteiger partial charge in [-0.15, -0.1) is 0 Å². The summed E-state index contributed by atoms with van der Waals surface area (Å²) in [4.78, 5) is 7.54. The fourth-order valence-electron chi connectivity index (χ4n) is 0.809. The number of amidine groups is 1. The molecule has 16 heavy (non-hydrogen) atoms. The molecule has 0 bridgehead atoms. The van der Waals surface area contributed by atoms with Crippen LogP contribution in [0.2, 0.25) is 0 Å². The SMILES string of the molecule is C=N/C(Cl)=N\C(NCC(OC)OC)=C(/C)I. The molecule has 0 aliphatic heterocycles. The summed E-state index contributed by atoms with van der Waals surface area (Å²) >= 11 is 7.80. The van der Waals surface area contributed by atoms with Crippen molar-refractivity contribution < 1.29 is 9.47 Å². The molecular weight excluding hydrogens is 344 g/mol. The topological polar surface area (TPSA) is 55.2 Å². The van der Waals surface area contributed by atoms with Crippen LogP contribution >= 0.6 is 34.2 Å². The van der Waals surface area contributed by atoms with Crippen LogP contribution in [0.15, 0.2) is 19.4 Å².